The SMILES string of the molecule is [B]c1cc(C)c(OC(F)(F)F)nc1OC. The summed E-state index contributed by atoms with van der Waals surface area (Å²) >= 11 is 0. The molecule has 0 atom stereocenters. The zero-order valence-electron chi connectivity index (χ0n) is 8.05. The average Bonchev–Trinajstić information content (AvgIpc) is 2.07. The molecule has 0 aromatic carbocycles. The molecule has 3 nitrogen and oxygen atoms in total. The van der Waals surface area contributed by atoms with Crippen molar-refractivity contribution >= 4 is 13.3 Å². The molecule has 0 N–H and O–H groups in total. The van der Waals surface area contributed by atoms with Crippen LogP contribution in [-0.4, -0.2) is 26.3 Å². The van der Waals surface area contributed by atoms with Crippen LogP contribution in [0.2, 0.25) is 0 Å². The number of pyridine rings is 1. The van der Waals surface area contributed by atoms with Crippen molar-refractivity contribution in [2.24, 2.45) is 0 Å². The van der Waals surface area contributed by atoms with Gasteiger partial charge < -0.3 is 9.47 Å². The van der Waals surface area contributed by atoms with Gasteiger partial charge in [-0.05, 0) is 12.4 Å². The molecule has 0 fully saturated rings. The highest BCUT2D eigenvalue weighted by Crippen LogP contribution is 2.24. The Bertz CT molecular complexity index is 368. The Balaban J connectivity index is 3.08. The zero-order chi connectivity index (χ0) is 11.6. The summed E-state index contributed by atoms with van der Waals surface area (Å²) in [6.07, 6.45) is -4.78. The molecule has 0 bridgehead atoms. The summed E-state index contributed by atoms with van der Waals surface area (Å²) < 4.78 is 44.1. The number of aromatic nitrogens is 1. The first-order chi connectivity index (χ1) is 6.83. The van der Waals surface area contributed by atoms with Crippen molar-refractivity contribution in [1.29, 1.82) is 0 Å². The number of alkyl halides is 3. The Morgan fingerprint density at radius 2 is 1.93 bits per heavy atom. The highest BCUT2D eigenvalue weighted by Gasteiger charge is 2.32. The van der Waals surface area contributed by atoms with Gasteiger partial charge in [-0.1, -0.05) is 6.07 Å². The number of aryl methyl sites for hydroxylation is 1. The molecule has 80 valence electrons. The minimum atomic E-state index is -4.78. The van der Waals surface area contributed by atoms with Gasteiger partial charge in [-0.15, -0.1) is 13.2 Å². The summed E-state index contributed by atoms with van der Waals surface area (Å²) in [6, 6.07) is 1.30. The molecule has 1 aromatic rings. The van der Waals surface area contributed by atoms with Crippen LogP contribution >= 0.6 is 0 Å². The van der Waals surface area contributed by atoms with Gasteiger partial charge in [-0.3, -0.25) is 0 Å². The predicted octanol–water partition coefficient (Wildman–Crippen LogP) is 1.09. The van der Waals surface area contributed by atoms with E-state index in [0.717, 1.165) is 0 Å². The Labute approximate surface area is 85.6 Å². The smallest absolute Gasteiger partial charge is 0.481 e. The molecule has 7 heteroatoms. The molecule has 0 unspecified atom stereocenters. The van der Waals surface area contributed by atoms with Gasteiger partial charge >= 0.3 is 6.36 Å². The van der Waals surface area contributed by atoms with E-state index >= 15 is 0 Å². The van der Waals surface area contributed by atoms with E-state index < -0.39 is 12.2 Å². The van der Waals surface area contributed by atoms with Crippen molar-refractivity contribution in [2.75, 3.05) is 7.11 Å². The Kier molecular flexibility index (Phi) is 3.11. The lowest BCUT2D eigenvalue weighted by atomic mass is 9.96. The van der Waals surface area contributed by atoms with E-state index in [-0.39, 0.29) is 16.9 Å². The second-order valence-corrected chi connectivity index (χ2v) is 2.76. The maximum atomic E-state index is 11.9. The maximum Gasteiger partial charge on any atom is 0.574 e. The summed E-state index contributed by atoms with van der Waals surface area (Å²) in [6.45, 7) is 1.41. The highest BCUT2D eigenvalue weighted by atomic mass is 19.4. The first-order valence-electron chi connectivity index (χ1n) is 3.90. The Morgan fingerprint density at radius 3 is 2.40 bits per heavy atom. The van der Waals surface area contributed by atoms with Crippen LogP contribution in [0.4, 0.5) is 13.2 Å². The summed E-state index contributed by atoms with van der Waals surface area (Å²) in [4.78, 5) is 3.49. The second-order valence-electron chi connectivity index (χ2n) is 2.76. The topological polar surface area (TPSA) is 31.4 Å². The van der Waals surface area contributed by atoms with Gasteiger partial charge in [-0.2, -0.15) is 4.98 Å². The average molecular weight is 217 g/mol. The van der Waals surface area contributed by atoms with Crippen LogP contribution in [0.5, 0.6) is 11.8 Å². The fourth-order valence-electron chi connectivity index (χ4n) is 0.978. The van der Waals surface area contributed by atoms with E-state index in [0.29, 0.717) is 0 Å². The van der Waals surface area contributed by atoms with E-state index in [2.05, 4.69) is 14.5 Å². The fourth-order valence-corrected chi connectivity index (χ4v) is 0.978. The van der Waals surface area contributed by atoms with Crippen LogP contribution < -0.4 is 14.9 Å². The van der Waals surface area contributed by atoms with Gasteiger partial charge in [0.05, 0.1) is 7.11 Å². The molecule has 1 rings (SSSR count). The molecule has 0 aliphatic carbocycles. The van der Waals surface area contributed by atoms with Gasteiger partial charge in [0.15, 0.2) is 0 Å². The Hall–Kier alpha value is -1.40. The minimum Gasteiger partial charge on any atom is -0.481 e. The lowest BCUT2D eigenvalue weighted by Gasteiger charge is -2.12. The number of hydrogen-bond acceptors (Lipinski definition) is 3. The molecule has 2 radical (unpaired) electrons. The normalized spacial score (nSPS) is 11.3. The molecule has 0 spiro atoms. The van der Waals surface area contributed by atoms with Crippen molar-refractivity contribution in [2.45, 2.75) is 13.3 Å². The lowest BCUT2D eigenvalue weighted by molar-refractivity contribution is -0.276. The number of halogens is 3. The monoisotopic (exact) mass is 217 g/mol. The summed E-state index contributed by atoms with van der Waals surface area (Å²) in [7, 11) is 6.70. The minimum absolute atomic E-state index is 0.0974. The van der Waals surface area contributed by atoms with Gasteiger partial charge in [0.2, 0.25) is 11.8 Å². The molecule has 15 heavy (non-hydrogen) atoms. The van der Waals surface area contributed by atoms with Gasteiger partial charge in [0.25, 0.3) is 0 Å². The zero-order valence-corrected chi connectivity index (χ0v) is 8.05. The van der Waals surface area contributed by atoms with Crippen molar-refractivity contribution in [3.63, 3.8) is 0 Å². The summed E-state index contributed by atoms with van der Waals surface area (Å²) in [5, 5.41) is 0. The quantitative estimate of drug-likeness (QED) is 0.694. The van der Waals surface area contributed by atoms with Crippen molar-refractivity contribution in [3.05, 3.63) is 11.6 Å². The third kappa shape index (κ3) is 3.04. The summed E-state index contributed by atoms with van der Waals surface area (Å²) in [5.74, 6) is -0.659. The first kappa shape index (κ1) is 11.7. The number of rotatable bonds is 2. The molecule has 0 aliphatic rings. The predicted molar refractivity (Wildman–Crippen MR) is 47.6 cm³/mol. The lowest BCUT2D eigenvalue weighted by Crippen LogP contribution is -2.20. The second kappa shape index (κ2) is 4.00. The van der Waals surface area contributed by atoms with Crippen LogP contribution in [0.1, 0.15) is 5.56 Å². The number of methoxy groups -OCH3 is 1. The van der Waals surface area contributed by atoms with Gasteiger partial charge in [0.1, 0.15) is 7.85 Å². The standard InChI is InChI=1S/C8H7BF3NO2/c1-4-3-5(9)7(14-2)13-6(4)15-8(10,11)12/h3H,1-2H3. The van der Waals surface area contributed by atoms with Gasteiger partial charge in [0, 0.05) is 5.56 Å². The van der Waals surface area contributed by atoms with Crippen LogP contribution in [0.15, 0.2) is 6.07 Å². The van der Waals surface area contributed by atoms with Crippen molar-refractivity contribution in [3.8, 4) is 11.8 Å². The number of ether oxygens (including phenoxy) is 2. The van der Waals surface area contributed by atoms with Gasteiger partial charge in [-0.25, -0.2) is 0 Å². The first-order valence-corrected chi connectivity index (χ1v) is 3.90. The van der Waals surface area contributed by atoms with E-state index in [1.54, 1.807) is 0 Å². The number of nitrogens with zero attached hydrogens (tertiary/aromatic N) is 1. The fraction of sp³-hybridized carbons (Fsp3) is 0.375. The van der Waals surface area contributed by atoms with Crippen molar-refractivity contribution in [1.82, 2.24) is 4.98 Å². The molecular weight excluding hydrogens is 210 g/mol. The number of hydrogen-bond donors (Lipinski definition) is 0. The van der Waals surface area contributed by atoms with E-state index in [4.69, 9.17) is 7.85 Å². The van der Waals surface area contributed by atoms with Crippen LogP contribution in [0, 0.1) is 6.92 Å². The third-order valence-electron chi connectivity index (χ3n) is 1.57. The van der Waals surface area contributed by atoms with E-state index in [1.807, 2.05) is 0 Å². The molecule has 0 amide bonds. The molecule has 1 heterocycles. The maximum absolute atomic E-state index is 11.9. The third-order valence-corrected chi connectivity index (χ3v) is 1.57. The van der Waals surface area contributed by atoms with Crippen LogP contribution in [0.3, 0.4) is 0 Å². The molecule has 0 saturated heterocycles. The largest absolute Gasteiger partial charge is 0.574 e. The van der Waals surface area contributed by atoms with E-state index in [1.165, 1.54) is 20.1 Å². The molecule has 0 saturated carbocycles. The highest BCUT2D eigenvalue weighted by molar-refractivity contribution is 6.34. The molecule has 1 aromatic heterocycles. The molecular formula is C8H7BF3NO2. The summed E-state index contributed by atoms with van der Waals surface area (Å²) in [5.41, 5.74) is 0.343. The van der Waals surface area contributed by atoms with Crippen LogP contribution in [-0.2, 0) is 0 Å². The van der Waals surface area contributed by atoms with Crippen LogP contribution in [0.25, 0.3) is 0 Å². The van der Waals surface area contributed by atoms with E-state index in [9.17, 15) is 13.2 Å². The molecule has 0 aliphatic heterocycles. The van der Waals surface area contributed by atoms with Crippen molar-refractivity contribution < 1.29 is 22.6 Å². The Morgan fingerprint density at radius 1 is 1.33 bits per heavy atom.